The molecule has 1 aromatic heterocycles. The average Bonchev–Trinajstić information content (AvgIpc) is 3.29. The van der Waals surface area contributed by atoms with E-state index in [2.05, 4.69) is 10.3 Å². The summed E-state index contributed by atoms with van der Waals surface area (Å²) in [5.74, 6) is 0. The van der Waals surface area contributed by atoms with Gasteiger partial charge >= 0.3 is 0 Å². The minimum Gasteiger partial charge on any atom is -0.382 e. The first kappa shape index (κ1) is 15.4. The highest BCUT2D eigenvalue weighted by atomic mass is 16.5. The van der Waals surface area contributed by atoms with E-state index in [9.17, 15) is 0 Å². The number of pyridine rings is 1. The van der Waals surface area contributed by atoms with Crippen LogP contribution >= 0.6 is 0 Å². The molecule has 1 N–H and O–H groups in total. The molecule has 0 unspecified atom stereocenters. The van der Waals surface area contributed by atoms with Crippen LogP contribution in [0.2, 0.25) is 0 Å². The highest BCUT2D eigenvalue weighted by Gasteiger charge is 2.20. The Morgan fingerprint density at radius 2 is 1.85 bits per heavy atom. The van der Waals surface area contributed by atoms with Crippen molar-refractivity contribution in [2.24, 2.45) is 0 Å². The van der Waals surface area contributed by atoms with E-state index in [0.717, 1.165) is 17.9 Å². The largest absolute Gasteiger partial charge is 0.382 e. The fourth-order valence-corrected chi connectivity index (χ4v) is 1.78. The normalized spacial score (nSPS) is 14.7. The van der Waals surface area contributed by atoms with Gasteiger partial charge < -0.3 is 19.5 Å². The van der Waals surface area contributed by atoms with Crippen LogP contribution in [0.1, 0.15) is 24.2 Å². The molecule has 1 aliphatic carbocycles. The number of nitrogens with zero attached hydrogens (tertiary/aromatic N) is 1. The number of aromatic nitrogens is 1. The molecule has 0 saturated heterocycles. The van der Waals surface area contributed by atoms with E-state index >= 15 is 0 Å². The molecular weight excluding hydrogens is 256 g/mol. The maximum Gasteiger partial charge on any atom is 0.0889 e. The van der Waals surface area contributed by atoms with Crippen LogP contribution in [0.25, 0.3) is 0 Å². The Hall–Kier alpha value is -1.01. The van der Waals surface area contributed by atoms with Gasteiger partial charge in [-0.25, -0.2) is 0 Å². The third-order valence-electron chi connectivity index (χ3n) is 3.07. The molecular formula is C15H24N2O3. The topological polar surface area (TPSA) is 52.6 Å². The second kappa shape index (κ2) is 9.02. The van der Waals surface area contributed by atoms with Crippen molar-refractivity contribution in [3.05, 3.63) is 29.6 Å². The predicted octanol–water partition coefficient (Wildman–Crippen LogP) is 1.51. The van der Waals surface area contributed by atoms with E-state index in [4.69, 9.17) is 14.2 Å². The number of methoxy groups -OCH3 is 1. The Morgan fingerprint density at radius 1 is 1.10 bits per heavy atom. The smallest absolute Gasteiger partial charge is 0.0889 e. The highest BCUT2D eigenvalue weighted by molar-refractivity contribution is 5.10. The molecule has 2 rings (SSSR count). The van der Waals surface area contributed by atoms with Gasteiger partial charge in [0.05, 0.1) is 44.4 Å². The lowest BCUT2D eigenvalue weighted by Gasteiger charge is -2.07. The molecule has 0 atom stereocenters. The lowest BCUT2D eigenvalue weighted by atomic mass is 10.3. The number of hydrogen-bond donors (Lipinski definition) is 1. The van der Waals surface area contributed by atoms with Crippen LogP contribution in [0.3, 0.4) is 0 Å². The van der Waals surface area contributed by atoms with Crippen molar-refractivity contribution in [1.29, 1.82) is 0 Å². The third-order valence-corrected chi connectivity index (χ3v) is 3.07. The Kier molecular flexibility index (Phi) is 6.94. The minimum absolute atomic E-state index is 0.533. The molecule has 1 aliphatic rings. The molecule has 1 fully saturated rings. The summed E-state index contributed by atoms with van der Waals surface area (Å²) in [6.07, 6.45) is 2.59. The van der Waals surface area contributed by atoms with Gasteiger partial charge in [-0.1, -0.05) is 6.07 Å². The number of ether oxygens (including phenoxy) is 3. The summed E-state index contributed by atoms with van der Waals surface area (Å²) in [5.41, 5.74) is 2.05. The van der Waals surface area contributed by atoms with Crippen molar-refractivity contribution in [1.82, 2.24) is 10.3 Å². The molecule has 1 saturated carbocycles. The molecule has 5 nitrogen and oxygen atoms in total. The molecule has 0 bridgehead atoms. The molecule has 1 heterocycles. The summed E-state index contributed by atoms with van der Waals surface area (Å²) in [6, 6.07) is 6.78. The SMILES string of the molecule is COCCOCCOCc1cccc(CNC2CC2)n1. The van der Waals surface area contributed by atoms with Crippen LogP contribution < -0.4 is 5.32 Å². The molecule has 0 aliphatic heterocycles. The van der Waals surface area contributed by atoms with E-state index in [-0.39, 0.29) is 0 Å². The molecule has 0 radical (unpaired) electrons. The van der Waals surface area contributed by atoms with Crippen molar-refractivity contribution in [3.8, 4) is 0 Å². The summed E-state index contributed by atoms with van der Waals surface area (Å²) in [6.45, 7) is 3.78. The van der Waals surface area contributed by atoms with Crippen molar-refractivity contribution >= 4 is 0 Å². The van der Waals surface area contributed by atoms with Crippen LogP contribution in [0.15, 0.2) is 18.2 Å². The van der Waals surface area contributed by atoms with Gasteiger partial charge in [-0.3, -0.25) is 4.98 Å². The second-order valence-corrected chi connectivity index (χ2v) is 4.93. The first-order chi connectivity index (χ1) is 9.88. The van der Waals surface area contributed by atoms with Gasteiger partial charge in [-0.2, -0.15) is 0 Å². The fraction of sp³-hybridized carbons (Fsp3) is 0.667. The van der Waals surface area contributed by atoms with E-state index < -0.39 is 0 Å². The third kappa shape index (κ3) is 6.43. The predicted molar refractivity (Wildman–Crippen MR) is 76.4 cm³/mol. The molecule has 0 aromatic carbocycles. The maximum atomic E-state index is 5.54. The van der Waals surface area contributed by atoms with Crippen molar-refractivity contribution < 1.29 is 14.2 Å². The lowest BCUT2D eigenvalue weighted by Crippen LogP contribution is -2.16. The molecule has 112 valence electrons. The van der Waals surface area contributed by atoms with Gasteiger partial charge in [-0.15, -0.1) is 0 Å². The van der Waals surface area contributed by atoms with Gasteiger partial charge in [-0.05, 0) is 25.0 Å². The molecule has 0 spiro atoms. The average molecular weight is 280 g/mol. The summed E-state index contributed by atoms with van der Waals surface area (Å²) >= 11 is 0. The summed E-state index contributed by atoms with van der Waals surface area (Å²) < 4.78 is 15.8. The summed E-state index contributed by atoms with van der Waals surface area (Å²) in [5, 5.41) is 3.46. The number of rotatable bonds is 11. The zero-order valence-corrected chi connectivity index (χ0v) is 12.1. The number of nitrogens with one attached hydrogen (secondary N) is 1. The van der Waals surface area contributed by atoms with Gasteiger partial charge in [0.25, 0.3) is 0 Å². The van der Waals surface area contributed by atoms with Crippen LogP contribution in [0.4, 0.5) is 0 Å². The highest BCUT2D eigenvalue weighted by Crippen LogP contribution is 2.19. The van der Waals surface area contributed by atoms with Gasteiger partial charge in [0.2, 0.25) is 0 Å². The first-order valence-electron chi connectivity index (χ1n) is 7.21. The van der Waals surface area contributed by atoms with Crippen molar-refractivity contribution in [2.75, 3.05) is 33.5 Å². The van der Waals surface area contributed by atoms with Crippen LogP contribution in [-0.4, -0.2) is 44.6 Å². The van der Waals surface area contributed by atoms with Crippen molar-refractivity contribution in [3.63, 3.8) is 0 Å². The van der Waals surface area contributed by atoms with Gasteiger partial charge in [0.1, 0.15) is 0 Å². The summed E-state index contributed by atoms with van der Waals surface area (Å²) in [7, 11) is 1.66. The quantitative estimate of drug-likeness (QED) is 0.623. The zero-order chi connectivity index (χ0) is 14.0. The molecule has 1 aromatic rings. The van der Waals surface area contributed by atoms with Crippen LogP contribution in [-0.2, 0) is 27.4 Å². The Morgan fingerprint density at radius 3 is 2.65 bits per heavy atom. The molecule has 5 heteroatoms. The van der Waals surface area contributed by atoms with E-state index in [0.29, 0.717) is 39.1 Å². The van der Waals surface area contributed by atoms with E-state index in [1.807, 2.05) is 18.2 Å². The second-order valence-electron chi connectivity index (χ2n) is 4.93. The first-order valence-corrected chi connectivity index (χ1v) is 7.21. The van der Waals surface area contributed by atoms with Crippen LogP contribution in [0, 0.1) is 0 Å². The fourth-order valence-electron chi connectivity index (χ4n) is 1.78. The number of hydrogen-bond acceptors (Lipinski definition) is 5. The van der Waals surface area contributed by atoms with Gasteiger partial charge in [0, 0.05) is 19.7 Å². The monoisotopic (exact) mass is 280 g/mol. The van der Waals surface area contributed by atoms with E-state index in [1.54, 1.807) is 7.11 Å². The standard InChI is InChI=1S/C15H24N2O3/c1-18-7-8-19-9-10-20-12-15-4-2-3-14(17-15)11-16-13-5-6-13/h2-4,13,16H,5-12H2,1H3. The maximum absolute atomic E-state index is 5.54. The lowest BCUT2D eigenvalue weighted by molar-refractivity contribution is 0.0192. The van der Waals surface area contributed by atoms with E-state index in [1.165, 1.54) is 12.8 Å². The molecule has 20 heavy (non-hydrogen) atoms. The molecule has 0 amide bonds. The Bertz CT molecular complexity index is 383. The zero-order valence-electron chi connectivity index (χ0n) is 12.1. The Labute approximate surface area is 120 Å². The van der Waals surface area contributed by atoms with Crippen LogP contribution in [0.5, 0.6) is 0 Å². The van der Waals surface area contributed by atoms with Crippen molar-refractivity contribution in [2.45, 2.75) is 32.0 Å². The summed E-state index contributed by atoms with van der Waals surface area (Å²) in [4.78, 5) is 4.57. The minimum atomic E-state index is 0.533. The van der Waals surface area contributed by atoms with Gasteiger partial charge in [0.15, 0.2) is 0 Å². The Balaban J connectivity index is 1.58.